The Morgan fingerprint density at radius 1 is 1.20 bits per heavy atom. The van der Waals surface area contributed by atoms with Gasteiger partial charge in [-0.2, -0.15) is 0 Å². The number of pyridine rings is 1. The van der Waals surface area contributed by atoms with Crippen LogP contribution >= 0.6 is 11.3 Å². The first-order valence-electron chi connectivity index (χ1n) is 7.49. The van der Waals surface area contributed by atoms with E-state index >= 15 is 0 Å². The number of nitrogens with zero attached hydrogens (tertiary/aromatic N) is 2. The van der Waals surface area contributed by atoms with Crippen LogP contribution in [0.3, 0.4) is 0 Å². The number of benzene rings is 1. The number of hydrogen-bond acceptors (Lipinski definition) is 6. The summed E-state index contributed by atoms with van der Waals surface area (Å²) in [5.74, 6) is -0.747. The molecule has 25 heavy (non-hydrogen) atoms. The van der Waals surface area contributed by atoms with Gasteiger partial charge >= 0.3 is 5.97 Å². The summed E-state index contributed by atoms with van der Waals surface area (Å²) in [6, 6.07) is 10.5. The van der Waals surface area contributed by atoms with E-state index in [9.17, 15) is 9.59 Å². The summed E-state index contributed by atoms with van der Waals surface area (Å²) in [6.07, 6.45) is 3.55. The van der Waals surface area contributed by atoms with Gasteiger partial charge in [0.25, 0.3) is 0 Å². The molecule has 0 aliphatic rings. The van der Waals surface area contributed by atoms with Crippen LogP contribution in [0.4, 0.5) is 5.69 Å². The van der Waals surface area contributed by atoms with E-state index in [1.165, 1.54) is 18.4 Å². The molecule has 3 aromatic rings. The van der Waals surface area contributed by atoms with Crippen LogP contribution < -0.4 is 5.32 Å². The Labute approximate surface area is 148 Å². The fourth-order valence-corrected chi connectivity index (χ4v) is 3.06. The Morgan fingerprint density at radius 3 is 2.80 bits per heavy atom. The molecule has 2 heterocycles. The second-order valence-electron chi connectivity index (χ2n) is 5.15. The predicted molar refractivity (Wildman–Crippen MR) is 95.5 cm³/mol. The summed E-state index contributed by atoms with van der Waals surface area (Å²) in [6.45, 7) is 0. The molecule has 0 aliphatic carbocycles. The lowest BCUT2D eigenvalue weighted by atomic mass is 10.1. The van der Waals surface area contributed by atoms with Crippen molar-refractivity contribution < 1.29 is 14.3 Å². The molecule has 0 radical (unpaired) electrons. The minimum Gasteiger partial charge on any atom is -0.465 e. The average Bonchev–Trinajstić information content (AvgIpc) is 3.10. The van der Waals surface area contributed by atoms with Gasteiger partial charge in [-0.3, -0.25) is 9.78 Å². The molecule has 7 heteroatoms. The first-order valence-corrected chi connectivity index (χ1v) is 8.37. The van der Waals surface area contributed by atoms with E-state index in [4.69, 9.17) is 4.74 Å². The molecular weight excluding hydrogens is 338 g/mol. The van der Waals surface area contributed by atoms with Gasteiger partial charge in [0.05, 0.1) is 30.5 Å². The third-order valence-corrected chi connectivity index (χ3v) is 4.35. The van der Waals surface area contributed by atoms with Crippen molar-refractivity contribution in [1.82, 2.24) is 9.97 Å². The third kappa shape index (κ3) is 4.07. The summed E-state index contributed by atoms with van der Waals surface area (Å²) >= 11 is 1.46. The van der Waals surface area contributed by atoms with E-state index in [1.807, 2.05) is 17.5 Å². The summed E-state index contributed by atoms with van der Waals surface area (Å²) < 4.78 is 4.72. The molecular formula is C18H15N3O3S. The van der Waals surface area contributed by atoms with Crippen molar-refractivity contribution in [2.75, 3.05) is 12.4 Å². The Bertz CT molecular complexity index is 893. The molecule has 1 aromatic carbocycles. The number of anilines is 1. The minimum atomic E-state index is -0.497. The minimum absolute atomic E-state index is 0.117. The van der Waals surface area contributed by atoms with Gasteiger partial charge in [-0.05, 0) is 24.3 Å². The number of rotatable bonds is 5. The molecule has 0 aliphatic heterocycles. The fraction of sp³-hybridized carbons (Fsp3) is 0.111. The van der Waals surface area contributed by atoms with Gasteiger partial charge in [-0.1, -0.05) is 12.1 Å². The highest BCUT2D eigenvalue weighted by Gasteiger charge is 2.14. The van der Waals surface area contributed by atoms with Crippen LogP contribution in [-0.4, -0.2) is 29.0 Å². The largest absolute Gasteiger partial charge is 0.465 e. The van der Waals surface area contributed by atoms with Crippen molar-refractivity contribution in [2.24, 2.45) is 0 Å². The molecule has 0 fully saturated rings. The molecule has 0 spiro atoms. The number of amides is 1. The zero-order valence-corrected chi connectivity index (χ0v) is 14.2. The number of para-hydroxylation sites is 1. The Balaban J connectivity index is 1.70. The van der Waals surface area contributed by atoms with E-state index in [0.29, 0.717) is 16.9 Å². The van der Waals surface area contributed by atoms with Crippen LogP contribution in [-0.2, 0) is 16.0 Å². The topological polar surface area (TPSA) is 81.2 Å². The molecule has 1 amide bonds. The van der Waals surface area contributed by atoms with E-state index in [1.54, 1.807) is 36.7 Å². The summed E-state index contributed by atoms with van der Waals surface area (Å²) in [7, 11) is 1.30. The normalized spacial score (nSPS) is 10.3. The lowest BCUT2D eigenvalue weighted by Gasteiger charge is -2.08. The molecule has 3 rings (SSSR count). The molecule has 0 unspecified atom stereocenters. The van der Waals surface area contributed by atoms with Crippen LogP contribution in [0.1, 0.15) is 16.1 Å². The number of carbonyl (C=O) groups excluding carboxylic acids is 2. The zero-order chi connectivity index (χ0) is 17.6. The molecule has 0 atom stereocenters. The van der Waals surface area contributed by atoms with Crippen molar-refractivity contribution in [3.8, 4) is 10.6 Å². The molecule has 6 nitrogen and oxygen atoms in total. The van der Waals surface area contributed by atoms with Gasteiger partial charge in [-0.15, -0.1) is 11.3 Å². The number of aromatic nitrogens is 2. The van der Waals surface area contributed by atoms with Gasteiger partial charge in [0.15, 0.2) is 0 Å². The number of hydrogen-bond donors (Lipinski definition) is 1. The van der Waals surface area contributed by atoms with Crippen LogP contribution in [0.2, 0.25) is 0 Å². The molecule has 1 N–H and O–H groups in total. The Kier molecular flexibility index (Phi) is 5.15. The fourth-order valence-electron chi connectivity index (χ4n) is 2.25. The number of nitrogens with one attached hydrogen (secondary N) is 1. The highest BCUT2D eigenvalue weighted by Crippen LogP contribution is 2.23. The number of ether oxygens (including phenoxy) is 1. The van der Waals surface area contributed by atoms with E-state index in [2.05, 4.69) is 15.3 Å². The maximum Gasteiger partial charge on any atom is 0.339 e. The summed E-state index contributed by atoms with van der Waals surface area (Å²) in [4.78, 5) is 32.6. The zero-order valence-electron chi connectivity index (χ0n) is 13.4. The molecule has 0 saturated carbocycles. The highest BCUT2D eigenvalue weighted by atomic mass is 32.1. The SMILES string of the molecule is COC(=O)c1ccccc1NC(=O)Cc1csc(-c2cccnc2)n1. The van der Waals surface area contributed by atoms with E-state index < -0.39 is 5.97 Å². The van der Waals surface area contributed by atoms with Crippen LogP contribution in [0, 0.1) is 0 Å². The van der Waals surface area contributed by atoms with E-state index in [0.717, 1.165) is 10.6 Å². The van der Waals surface area contributed by atoms with Crippen molar-refractivity contribution in [2.45, 2.75) is 6.42 Å². The van der Waals surface area contributed by atoms with Crippen LogP contribution in [0.25, 0.3) is 10.6 Å². The van der Waals surface area contributed by atoms with Crippen molar-refractivity contribution in [1.29, 1.82) is 0 Å². The van der Waals surface area contributed by atoms with Gasteiger partial charge < -0.3 is 10.1 Å². The molecule has 0 bridgehead atoms. The maximum atomic E-state index is 12.3. The third-order valence-electron chi connectivity index (χ3n) is 3.41. The smallest absolute Gasteiger partial charge is 0.339 e. The second-order valence-corrected chi connectivity index (χ2v) is 6.01. The second kappa shape index (κ2) is 7.67. The number of carbonyl (C=O) groups is 2. The summed E-state index contributed by atoms with van der Waals surface area (Å²) in [5, 5.41) is 5.39. The number of methoxy groups -OCH3 is 1. The predicted octanol–water partition coefficient (Wildman–Crippen LogP) is 3.17. The van der Waals surface area contributed by atoms with Gasteiger partial charge in [0.2, 0.25) is 5.91 Å². The number of thiazole rings is 1. The average molecular weight is 353 g/mol. The van der Waals surface area contributed by atoms with Crippen LogP contribution in [0.5, 0.6) is 0 Å². The van der Waals surface area contributed by atoms with Crippen molar-refractivity contribution >= 4 is 28.9 Å². The van der Waals surface area contributed by atoms with Gasteiger partial charge in [0.1, 0.15) is 5.01 Å². The van der Waals surface area contributed by atoms with Crippen LogP contribution in [0.15, 0.2) is 54.2 Å². The molecule has 126 valence electrons. The first kappa shape index (κ1) is 16.8. The van der Waals surface area contributed by atoms with Gasteiger partial charge in [0, 0.05) is 23.3 Å². The Morgan fingerprint density at radius 2 is 2.04 bits per heavy atom. The Hall–Kier alpha value is -3.06. The lowest BCUT2D eigenvalue weighted by Crippen LogP contribution is -2.17. The lowest BCUT2D eigenvalue weighted by molar-refractivity contribution is -0.115. The quantitative estimate of drug-likeness (QED) is 0.713. The standard InChI is InChI=1S/C18H15N3O3S/c1-24-18(23)14-6-2-3-7-15(14)21-16(22)9-13-11-25-17(20-13)12-5-4-8-19-10-12/h2-8,10-11H,9H2,1H3,(H,21,22). The first-order chi connectivity index (χ1) is 12.2. The van der Waals surface area contributed by atoms with Gasteiger partial charge in [-0.25, -0.2) is 9.78 Å². The van der Waals surface area contributed by atoms with Crippen molar-refractivity contribution in [3.63, 3.8) is 0 Å². The molecule has 2 aromatic heterocycles. The van der Waals surface area contributed by atoms with Crippen molar-refractivity contribution in [3.05, 3.63) is 65.4 Å². The highest BCUT2D eigenvalue weighted by molar-refractivity contribution is 7.13. The summed E-state index contributed by atoms with van der Waals surface area (Å²) in [5.41, 5.74) is 2.31. The number of esters is 1. The van der Waals surface area contributed by atoms with E-state index in [-0.39, 0.29) is 12.3 Å². The monoisotopic (exact) mass is 353 g/mol. The maximum absolute atomic E-state index is 12.3. The molecule has 0 saturated heterocycles.